The molecule has 4 bridgehead atoms. The molecule has 3 rings (SSSR count). The van der Waals surface area contributed by atoms with Crippen LogP contribution in [0.2, 0.25) is 0 Å². The van der Waals surface area contributed by atoms with E-state index in [0.29, 0.717) is 12.1 Å². The number of carbonyl (C=O) groups is 4. The molecule has 15 heteroatoms. The second-order valence-corrected chi connectivity index (χ2v) is 13.4. The summed E-state index contributed by atoms with van der Waals surface area (Å²) in [4.78, 5) is 57.0. The molecule has 0 aromatic heterocycles. The van der Waals surface area contributed by atoms with Gasteiger partial charge in [0.25, 0.3) is 0 Å². The van der Waals surface area contributed by atoms with Gasteiger partial charge in [0, 0.05) is 52.0 Å². The minimum Gasteiger partial charge on any atom is -0.508 e. The third kappa shape index (κ3) is 12.2. The van der Waals surface area contributed by atoms with E-state index < -0.39 is 48.0 Å². The number of phenols is 1. The molecule has 0 spiro atoms. The number of phenolic OH excluding ortho intramolecular Hbond substituents is 1. The lowest BCUT2D eigenvalue weighted by atomic mass is 9.95. The number of amides is 4. The maximum Gasteiger partial charge on any atom is 0.245 e. The second-order valence-electron chi connectivity index (χ2n) is 13.4. The molecule has 0 fully saturated rings. The lowest BCUT2D eigenvalue weighted by Gasteiger charge is -2.33. The summed E-state index contributed by atoms with van der Waals surface area (Å²) in [7, 11) is 10.2. The zero-order valence-electron chi connectivity index (χ0n) is 31.3. The van der Waals surface area contributed by atoms with E-state index in [1.807, 2.05) is 44.4 Å². The van der Waals surface area contributed by atoms with Crippen molar-refractivity contribution in [2.75, 3.05) is 68.5 Å². The minimum atomic E-state index is -1.19. The molecule has 52 heavy (non-hydrogen) atoms. The highest BCUT2D eigenvalue weighted by atomic mass is 16.3. The largest absolute Gasteiger partial charge is 0.508 e. The number of aromatic hydroxyl groups is 1. The molecule has 6 atom stereocenters. The van der Waals surface area contributed by atoms with Gasteiger partial charge in [-0.25, -0.2) is 0 Å². The number of carbonyl (C=O) groups excluding carboxylic acids is 4. The van der Waals surface area contributed by atoms with Crippen LogP contribution in [0.25, 0.3) is 11.1 Å². The van der Waals surface area contributed by atoms with Gasteiger partial charge < -0.3 is 57.6 Å². The average Bonchev–Trinajstić information content (AvgIpc) is 3.13. The van der Waals surface area contributed by atoms with Gasteiger partial charge >= 0.3 is 0 Å². The number of nitrogens with zero attached hydrogens (tertiary/aromatic N) is 1. The van der Waals surface area contributed by atoms with Crippen LogP contribution in [0.3, 0.4) is 0 Å². The monoisotopic (exact) mass is 725 g/mol. The number of benzene rings is 2. The van der Waals surface area contributed by atoms with Gasteiger partial charge in [-0.05, 0) is 89.0 Å². The van der Waals surface area contributed by atoms with E-state index in [2.05, 4.69) is 42.5 Å². The first-order valence-corrected chi connectivity index (χ1v) is 18.0. The Morgan fingerprint density at radius 1 is 0.942 bits per heavy atom. The fraction of sp³-hybridized carbons (Fsp3) is 0.568. The Bertz CT molecular complexity index is 1480. The van der Waals surface area contributed by atoms with Gasteiger partial charge in [-0.15, -0.1) is 0 Å². The first-order chi connectivity index (χ1) is 24.9. The molecule has 2 aromatic carbocycles. The highest BCUT2D eigenvalue weighted by Gasteiger charge is 2.36. The van der Waals surface area contributed by atoms with Gasteiger partial charge in [0.2, 0.25) is 23.6 Å². The summed E-state index contributed by atoms with van der Waals surface area (Å²) in [5.74, 6) is -1.99. The Morgan fingerprint density at radius 3 is 2.35 bits per heavy atom. The molecule has 2 aromatic rings. The molecule has 10 N–H and O–H groups in total. The van der Waals surface area contributed by atoms with E-state index in [-0.39, 0.29) is 50.1 Å². The second kappa shape index (κ2) is 21.4. The molecule has 1 aliphatic heterocycles. The molecule has 1 heterocycles. The number of likely N-dealkylation sites (N-methyl/N-ethyl adjacent to an activating group) is 5. The van der Waals surface area contributed by atoms with Gasteiger partial charge in [0.1, 0.15) is 23.9 Å². The first-order valence-electron chi connectivity index (χ1n) is 18.0. The van der Waals surface area contributed by atoms with Crippen LogP contribution in [0.4, 0.5) is 0 Å². The summed E-state index contributed by atoms with van der Waals surface area (Å²) in [5, 5.41) is 45.3. The number of aliphatic hydroxyl groups is 1. The summed E-state index contributed by atoms with van der Waals surface area (Å²) in [6.07, 6.45) is 0.874. The molecular formula is C37H59N9O6. The van der Waals surface area contributed by atoms with Crippen LogP contribution < -0.4 is 42.5 Å². The number of aliphatic hydroxyl groups excluding tert-OH is 1. The molecule has 4 amide bonds. The molecule has 0 unspecified atom stereocenters. The smallest absolute Gasteiger partial charge is 0.245 e. The highest BCUT2D eigenvalue weighted by Crippen LogP contribution is 2.28. The van der Waals surface area contributed by atoms with Gasteiger partial charge in [0.05, 0.1) is 12.1 Å². The molecule has 0 saturated heterocycles. The number of rotatable bonds is 17. The normalized spacial score (nSPS) is 19.8. The van der Waals surface area contributed by atoms with Gasteiger partial charge in [0.15, 0.2) is 0 Å². The van der Waals surface area contributed by atoms with Crippen LogP contribution in [-0.4, -0.2) is 144 Å². The number of fused-ring (bicyclic) bond motifs is 5. The van der Waals surface area contributed by atoms with Crippen molar-refractivity contribution in [1.29, 1.82) is 0 Å². The van der Waals surface area contributed by atoms with Crippen LogP contribution in [-0.2, 0) is 32.0 Å². The SMILES string of the molecule is CNCCC[C@@H](CNC(=O)[C@H](CNC)NC(=O)[C@@H]1Cc2cccc(c2)-c2ccc(O)c(c2)C[C@H](NC)C(=O)N[C@@H](C[C@@H](O)CNC)C(=O)N1C)NC. The van der Waals surface area contributed by atoms with Crippen LogP contribution in [0.1, 0.15) is 30.4 Å². The molecule has 0 saturated carbocycles. The molecule has 0 radical (unpaired) electrons. The summed E-state index contributed by atoms with van der Waals surface area (Å²) < 4.78 is 0. The van der Waals surface area contributed by atoms with Crippen molar-refractivity contribution in [3.63, 3.8) is 0 Å². The fourth-order valence-corrected chi connectivity index (χ4v) is 6.37. The number of hydrogen-bond acceptors (Lipinski definition) is 11. The van der Waals surface area contributed by atoms with E-state index >= 15 is 0 Å². The fourth-order valence-electron chi connectivity index (χ4n) is 6.37. The predicted octanol–water partition coefficient (Wildman–Crippen LogP) is -1.56. The standard InChI is InChI=1S/C37H59N9O6/c1-38-14-8-11-27(41-4)20-43-34(49)31(22-40-3)45-36(51)32-16-23-9-7-10-24(15-23)25-12-13-33(48)26(17-25)18-29(42-5)35(50)44-30(37(52)46(32)6)19-28(47)21-39-2/h7,9-10,12-13,15,17,27-32,38-42,47-48H,8,11,14,16,18-22H2,1-6H3,(H,43,49)(H,44,50)(H,45,51)/t27-,28+,29-,30-,31-,32-/m0/s1. The van der Waals surface area contributed by atoms with E-state index in [9.17, 15) is 29.4 Å². The number of hydrogen-bond donors (Lipinski definition) is 10. The van der Waals surface area contributed by atoms with E-state index in [1.165, 1.54) is 11.9 Å². The molecule has 288 valence electrons. The van der Waals surface area contributed by atoms with Crippen molar-refractivity contribution in [3.05, 3.63) is 53.6 Å². The third-order valence-corrected chi connectivity index (χ3v) is 9.49. The Morgan fingerprint density at radius 2 is 1.67 bits per heavy atom. The van der Waals surface area contributed by atoms with E-state index in [1.54, 1.807) is 33.3 Å². The van der Waals surface area contributed by atoms with Gasteiger partial charge in [-0.1, -0.05) is 30.3 Å². The van der Waals surface area contributed by atoms with Crippen molar-refractivity contribution in [1.82, 2.24) is 47.4 Å². The Balaban J connectivity index is 2.02. The van der Waals surface area contributed by atoms with Crippen LogP contribution in [0.5, 0.6) is 5.75 Å². The summed E-state index contributed by atoms with van der Waals surface area (Å²) in [5.41, 5.74) is 2.91. The highest BCUT2D eigenvalue weighted by molar-refractivity contribution is 5.95. The van der Waals surface area contributed by atoms with Crippen molar-refractivity contribution >= 4 is 23.6 Å². The summed E-state index contributed by atoms with van der Waals surface area (Å²) >= 11 is 0. The Labute approximate surface area is 307 Å². The van der Waals surface area contributed by atoms with Crippen molar-refractivity contribution in [3.8, 4) is 16.9 Å². The molecule has 0 aliphatic carbocycles. The predicted molar refractivity (Wildman–Crippen MR) is 202 cm³/mol. The van der Waals surface area contributed by atoms with Crippen LogP contribution >= 0.6 is 0 Å². The summed E-state index contributed by atoms with van der Waals surface area (Å²) in [6.45, 7) is 1.53. The number of nitrogens with one attached hydrogen (secondary N) is 8. The van der Waals surface area contributed by atoms with E-state index in [4.69, 9.17) is 0 Å². The summed E-state index contributed by atoms with van der Waals surface area (Å²) in [6, 6.07) is 8.71. The lowest BCUT2D eigenvalue weighted by molar-refractivity contribution is -0.143. The van der Waals surface area contributed by atoms with Crippen molar-refractivity contribution < 1.29 is 29.4 Å². The Kier molecular flexibility index (Phi) is 17.4. The average molecular weight is 726 g/mol. The van der Waals surface area contributed by atoms with Crippen LogP contribution in [0.15, 0.2) is 42.5 Å². The topological polar surface area (TPSA) is 208 Å². The molecule has 15 nitrogen and oxygen atoms in total. The van der Waals surface area contributed by atoms with Gasteiger partial charge in [-0.2, -0.15) is 0 Å². The maximum atomic E-state index is 14.3. The third-order valence-electron chi connectivity index (χ3n) is 9.49. The van der Waals surface area contributed by atoms with Gasteiger partial charge in [-0.3, -0.25) is 19.2 Å². The molecular weight excluding hydrogens is 666 g/mol. The maximum absolute atomic E-state index is 14.3. The van der Waals surface area contributed by atoms with E-state index in [0.717, 1.165) is 36.1 Å². The van der Waals surface area contributed by atoms with Crippen molar-refractivity contribution in [2.45, 2.75) is 68.4 Å². The minimum absolute atomic E-state index is 0.0289. The quantitative estimate of drug-likeness (QED) is 0.0844. The lowest BCUT2D eigenvalue weighted by Crippen LogP contribution is -2.60. The van der Waals surface area contributed by atoms with Crippen molar-refractivity contribution in [2.24, 2.45) is 0 Å². The van der Waals surface area contributed by atoms with Crippen LogP contribution in [0, 0.1) is 0 Å². The Hall–Kier alpha value is -4.12. The molecule has 1 aliphatic rings. The first kappa shape index (κ1) is 42.3. The zero-order chi connectivity index (χ0) is 38.2. The zero-order valence-corrected chi connectivity index (χ0v) is 31.3.